The molecular weight excluding hydrogens is 599 g/mol. The molecule has 2 aromatic carbocycles. The number of benzene rings is 2. The largest absolute Gasteiger partial charge is 0.658 e. The molecule has 0 saturated heterocycles. The van der Waals surface area contributed by atoms with Gasteiger partial charge < -0.3 is 18.8 Å². The zero-order valence-electron chi connectivity index (χ0n) is 25.8. The van der Waals surface area contributed by atoms with Crippen molar-refractivity contribution in [1.82, 2.24) is 8.61 Å². The molecule has 0 heterocycles. The number of rotatable bonds is 12. The van der Waals surface area contributed by atoms with Crippen molar-refractivity contribution in [2.24, 2.45) is 0 Å². The summed E-state index contributed by atoms with van der Waals surface area (Å²) in [5.74, 6) is 0.936. The summed E-state index contributed by atoms with van der Waals surface area (Å²) in [6, 6.07) is 13.7. The Balaban J connectivity index is 1.87. The van der Waals surface area contributed by atoms with E-state index in [2.05, 4.69) is 0 Å². The van der Waals surface area contributed by atoms with E-state index >= 15 is 0 Å². The van der Waals surface area contributed by atoms with Crippen LogP contribution in [0.25, 0.3) is 0 Å². The lowest BCUT2D eigenvalue weighted by atomic mass is 10.1. The number of carbonyl (C=O) groups excluding carboxylic acids is 2. The van der Waals surface area contributed by atoms with Crippen LogP contribution >= 0.6 is 0 Å². The molecule has 0 aliphatic heterocycles. The van der Waals surface area contributed by atoms with Crippen LogP contribution in [0.2, 0.25) is 0 Å². The normalized spacial score (nSPS) is 12.2. The van der Waals surface area contributed by atoms with Gasteiger partial charge in [0.25, 0.3) is 0 Å². The van der Waals surface area contributed by atoms with E-state index in [-0.39, 0.29) is 25.9 Å². The lowest BCUT2D eigenvalue weighted by molar-refractivity contribution is 0.0380. The maximum Gasteiger partial charge on any atom is 0.658 e. The number of carbonyl (C=O) groups is 2. The monoisotopic (exact) mass is 639 g/mol. The van der Waals surface area contributed by atoms with E-state index in [9.17, 15) is 26.4 Å². The smallest absolute Gasteiger partial charge is 0.526 e. The molecule has 0 fully saturated rings. The van der Waals surface area contributed by atoms with Gasteiger partial charge in [0, 0.05) is 13.1 Å². The van der Waals surface area contributed by atoms with Crippen LogP contribution in [0.4, 0.5) is 9.59 Å². The predicted octanol–water partition coefficient (Wildman–Crippen LogP) is 4.16. The molecule has 237 valence electrons. The van der Waals surface area contributed by atoms with Crippen LogP contribution < -0.4 is 9.31 Å². The first-order valence-corrected chi connectivity index (χ1v) is 17.1. The highest BCUT2D eigenvalue weighted by atomic mass is 32.2. The Kier molecular flexibility index (Phi) is 11.9. The molecule has 0 aromatic heterocycles. The van der Waals surface area contributed by atoms with Gasteiger partial charge in [-0.15, -0.1) is 0 Å². The summed E-state index contributed by atoms with van der Waals surface area (Å²) in [4.78, 5) is 24.7. The summed E-state index contributed by atoms with van der Waals surface area (Å²) in [6.07, 6.45) is 0.614. The molecule has 0 spiro atoms. The third-order valence-corrected chi connectivity index (χ3v) is 7.68. The van der Waals surface area contributed by atoms with Gasteiger partial charge in [0.05, 0.1) is 12.5 Å². The quantitative estimate of drug-likeness (QED) is 0.311. The number of amides is 2. The van der Waals surface area contributed by atoms with Crippen molar-refractivity contribution in [3.8, 4) is 11.5 Å². The molecule has 0 unspecified atom stereocenters. The summed E-state index contributed by atoms with van der Waals surface area (Å²) in [6.45, 7) is 9.81. The first-order valence-electron chi connectivity index (χ1n) is 13.4. The number of sulfonamides is 2. The summed E-state index contributed by atoms with van der Waals surface area (Å²) in [7, 11) is -6.48. The molecular formula is C28H40BN2O10S2. The minimum atomic E-state index is -3.81. The minimum absolute atomic E-state index is 0.0769. The van der Waals surface area contributed by atoms with Crippen LogP contribution in [0.15, 0.2) is 48.5 Å². The molecule has 2 rings (SSSR count). The highest BCUT2D eigenvalue weighted by Crippen LogP contribution is 2.18. The maximum atomic E-state index is 12.3. The Morgan fingerprint density at radius 2 is 0.930 bits per heavy atom. The highest BCUT2D eigenvalue weighted by Gasteiger charge is 2.29. The Bertz CT molecular complexity index is 1340. The topological polar surface area (TPSA) is 146 Å². The molecule has 12 nitrogen and oxygen atoms in total. The molecule has 0 bridgehead atoms. The van der Waals surface area contributed by atoms with Crippen LogP contribution in [0, 0.1) is 0 Å². The van der Waals surface area contributed by atoms with Crippen molar-refractivity contribution in [3.05, 3.63) is 59.7 Å². The Labute approximate surface area is 255 Å². The van der Waals surface area contributed by atoms with Gasteiger partial charge in [-0.3, -0.25) is 0 Å². The zero-order chi connectivity index (χ0) is 32.6. The fourth-order valence-electron chi connectivity index (χ4n) is 3.48. The van der Waals surface area contributed by atoms with Crippen molar-refractivity contribution in [2.45, 2.75) is 65.6 Å². The van der Waals surface area contributed by atoms with E-state index in [1.54, 1.807) is 90.1 Å². The Hall–Kier alpha value is -3.46. The molecule has 2 aromatic rings. The van der Waals surface area contributed by atoms with Gasteiger partial charge in [0.15, 0.2) is 0 Å². The van der Waals surface area contributed by atoms with E-state index < -0.39 is 43.4 Å². The number of hydrogen-bond acceptors (Lipinski definition) is 10. The van der Waals surface area contributed by atoms with E-state index in [4.69, 9.17) is 18.8 Å². The highest BCUT2D eigenvalue weighted by molar-refractivity contribution is 7.89. The Morgan fingerprint density at radius 3 is 1.19 bits per heavy atom. The van der Waals surface area contributed by atoms with E-state index in [0.29, 0.717) is 20.1 Å². The number of nitrogens with zero attached hydrogens (tertiary/aromatic N) is 2. The lowest BCUT2D eigenvalue weighted by Gasteiger charge is -2.25. The van der Waals surface area contributed by atoms with Crippen molar-refractivity contribution in [3.63, 3.8) is 0 Å². The molecule has 2 amide bonds. The lowest BCUT2D eigenvalue weighted by Crippen LogP contribution is -2.41. The zero-order valence-corrected chi connectivity index (χ0v) is 27.5. The van der Waals surface area contributed by atoms with Crippen LogP contribution in [0.1, 0.15) is 52.7 Å². The van der Waals surface area contributed by atoms with Crippen LogP contribution in [0.5, 0.6) is 11.5 Å². The van der Waals surface area contributed by atoms with Crippen molar-refractivity contribution < 1.29 is 45.2 Å². The fraction of sp³-hybridized carbons (Fsp3) is 0.500. The SMILES string of the molecule is CC(C)(C)OC(=O)N(CCc1ccc(O[B]Oc2ccc(CCN(C(=O)OC(C)(C)C)S(C)(=O)=O)cc2)cc1)S(C)(=O)=O. The van der Waals surface area contributed by atoms with E-state index in [1.807, 2.05) is 0 Å². The standard InChI is InChI=1S/C28H40BN2O10S2/c1-27(2,3)38-25(32)30(42(7,34)35)19-17-21-9-13-23(14-10-21)40-29-41-24-15-11-22(12-16-24)18-20-31(43(8,36)37)26(33)39-28(4,5)6/h9-16H,17-20H2,1-8H3. The van der Waals surface area contributed by atoms with Crippen LogP contribution in [-0.4, -0.2) is 82.1 Å². The average molecular weight is 640 g/mol. The summed E-state index contributed by atoms with van der Waals surface area (Å²) in [5, 5.41) is 0. The van der Waals surface area contributed by atoms with Gasteiger partial charge in [0.2, 0.25) is 20.0 Å². The average Bonchev–Trinajstić information content (AvgIpc) is 2.82. The molecule has 0 aliphatic rings. The van der Waals surface area contributed by atoms with Crippen molar-refractivity contribution in [1.29, 1.82) is 0 Å². The fourth-order valence-corrected chi connectivity index (χ4v) is 4.94. The van der Waals surface area contributed by atoms with Gasteiger partial charge in [-0.1, -0.05) is 24.3 Å². The van der Waals surface area contributed by atoms with Crippen LogP contribution in [0.3, 0.4) is 0 Å². The maximum absolute atomic E-state index is 12.3. The third-order valence-electron chi connectivity index (χ3n) is 5.42. The molecule has 0 saturated carbocycles. The first-order chi connectivity index (χ1) is 19.6. The molecule has 0 N–H and O–H groups in total. The predicted molar refractivity (Wildman–Crippen MR) is 163 cm³/mol. The van der Waals surface area contributed by atoms with Crippen molar-refractivity contribution in [2.75, 3.05) is 25.6 Å². The molecule has 1 radical (unpaired) electrons. The summed E-state index contributed by atoms with van der Waals surface area (Å²) in [5.41, 5.74) is -0.0975. The second kappa shape index (κ2) is 14.3. The minimum Gasteiger partial charge on any atom is -0.526 e. The molecule has 0 atom stereocenters. The number of ether oxygens (including phenoxy) is 2. The summed E-state index contributed by atoms with van der Waals surface area (Å²) >= 11 is 0. The first kappa shape index (κ1) is 35.7. The van der Waals surface area contributed by atoms with E-state index in [0.717, 1.165) is 31.3 Å². The van der Waals surface area contributed by atoms with Crippen molar-refractivity contribution >= 4 is 39.9 Å². The van der Waals surface area contributed by atoms with Gasteiger partial charge in [-0.05, 0) is 89.8 Å². The summed E-state index contributed by atoms with van der Waals surface area (Å²) < 4.78 is 71.2. The molecule has 0 aliphatic carbocycles. The van der Waals surface area contributed by atoms with E-state index in [1.165, 1.54) is 0 Å². The van der Waals surface area contributed by atoms with Gasteiger partial charge in [0.1, 0.15) is 22.7 Å². The third kappa shape index (κ3) is 13.2. The van der Waals surface area contributed by atoms with Gasteiger partial charge in [-0.2, -0.15) is 0 Å². The second-order valence-electron chi connectivity index (χ2n) is 11.8. The van der Waals surface area contributed by atoms with Gasteiger partial charge in [-0.25, -0.2) is 35.0 Å². The molecule has 43 heavy (non-hydrogen) atoms. The van der Waals surface area contributed by atoms with Gasteiger partial charge >= 0.3 is 19.9 Å². The second-order valence-corrected chi connectivity index (χ2v) is 15.6. The number of hydrogen-bond donors (Lipinski definition) is 0. The Morgan fingerprint density at radius 1 is 0.628 bits per heavy atom. The van der Waals surface area contributed by atoms with Crippen LogP contribution in [-0.2, 0) is 42.4 Å². The molecule has 15 heteroatoms.